The molecule has 1 aliphatic heterocycles. The molecule has 0 aromatic heterocycles. The number of benzene rings is 2. The van der Waals surface area contributed by atoms with Crippen LogP contribution in [0.15, 0.2) is 57.1 Å². The zero-order valence-corrected chi connectivity index (χ0v) is 13.3. The molecule has 1 heterocycles. The first-order valence-electron chi connectivity index (χ1n) is 6.54. The van der Waals surface area contributed by atoms with Crippen molar-refractivity contribution in [2.75, 3.05) is 12.4 Å². The van der Waals surface area contributed by atoms with Crippen LogP contribution in [0.2, 0.25) is 0 Å². The van der Waals surface area contributed by atoms with Crippen molar-refractivity contribution < 1.29 is 9.53 Å². The highest BCUT2D eigenvalue weighted by atomic mass is 79.9. The molecular formula is C16H12BrN3O2. The topological polar surface area (TPSA) is 63.1 Å². The van der Waals surface area contributed by atoms with Crippen molar-refractivity contribution in [3.63, 3.8) is 0 Å². The summed E-state index contributed by atoms with van der Waals surface area (Å²) in [4.78, 5) is 11.9. The van der Waals surface area contributed by atoms with Gasteiger partial charge < -0.3 is 10.1 Å². The van der Waals surface area contributed by atoms with Crippen LogP contribution in [0, 0.1) is 0 Å². The van der Waals surface area contributed by atoms with E-state index in [1.807, 2.05) is 42.5 Å². The van der Waals surface area contributed by atoms with Gasteiger partial charge in [-0.15, -0.1) is 5.10 Å². The van der Waals surface area contributed by atoms with Crippen LogP contribution in [0.5, 0.6) is 5.75 Å². The SMILES string of the molecule is COc1ccc(Br)cc1/C=N/N=C1/C(=O)Nc2ccccc21. The highest BCUT2D eigenvalue weighted by molar-refractivity contribution is 9.10. The Bertz CT molecular complexity index is 800. The quantitative estimate of drug-likeness (QED) is 0.676. The molecule has 1 N–H and O–H groups in total. The summed E-state index contributed by atoms with van der Waals surface area (Å²) in [6.07, 6.45) is 1.56. The van der Waals surface area contributed by atoms with E-state index in [0.29, 0.717) is 11.5 Å². The third kappa shape index (κ3) is 2.78. The summed E-state index contributed by atoms with van der Waals surface area (Å²) in [5, 5.41) is 10.8. The van der Waals surface area contributed by atoms with Gasteiger partial charge in [-0.3, -0.25) is 4.79 Å². The van der Waals surface area contributed by atoms with Crippen LogP contribution >= 0.6 is 15.9 Å². The van der Waals surface area contributed by atoms with Crippen LogP contribution in [-0.4, -0.2) is 24.9 Å². The van der Waals surface area contributed by atoms with Gasteiger partial charge in [-0.1, -0.05) is 34.1 Å². The number of nitrogens with one attached hydrogen (secondary N) is 1. The second-order valence-electron chi connectivity index (χ2n) is 4.58. The van der Waals surface area contributed by atoms with E-state index in [0.717, 1.165) is 21.3 Å². The molecule has 2 aromatic rings. The molecule has 5 nitrogen and oxygen atoms in total. The maximum atomic E-state index is 11.9. The molecule has 0 aliphatic carbocycles. The van der Waals surface area contributed by atoms with E-state index in [1.165, 1.54) is 0 Å². The van der Waals surface area contributed by atoms with E-state index < -0.39 is 0 Å². The molecule has 0 unspecified atom stereocenters. The van der Waals surface area contributed by atoms with Crippen LogP contribution in [-0.2, 0) is 4.79 Å². The van der Waals surface area contributed by atoms with Crippen LogP contribution in [0.1, 0.15) is 11.1 Å². The number of amides is 1. The molecule has 0 bridgehead atoms. The Morgan fingerprint density at radius 2 is 2.05 bits per heavy atom. The van der Waals surface area contributed by atoms with Crippen LogP contribution < -0.4 is 10.1 Å². The minimum absolute atomic E-state index is 0.250. The summed E-state index contributed by atoms with van der Waals surface area (Å²) in [5.74, 6) is 0.433. The Morgan fingerprint density at radius 3 is 2.86 bits per heavy atom. The number of nitrogens with zero attached hydrogens (tertiary/aromatic N) is 2. The van der Waals surface area contributed by atoms with Gasteiger partial charge in [-0.25, -0.2) is 0 Å². The second kappa shape index (κ2) is 6.11. The molecule has 1 aliphatic rings. The van der Waals surface area contributed by atoms with Crippen LogP contribution in [0.3, 0.4) is 0 Å². The summed E-state index contributed by atoms with van der Waals surface area (Å²) in [6, 6.07) is 13.0. The predicted octanol–water partition coefficient (Wildman–Crippen LogP) is 3.23. The van der Waals surface area contributed by atoms with Gasteiger partial charge in [-0.2, -0.15) is 5.10 Å². The van der Waals surface area contributed by atoms with E-state index in [1.54, 1.807) is 13.3 Å². The van der Waals surface area contributed by atoms with Gasteiger partial charge in [0.15, 0.2) is 5.71 Å². The second-order valence-corrected chi connectivity index (χ2v) is 5.49. The van der Waals surface area contributed by atoms with E-state index >= 15 is 0 Å². The van der Waals surface area contributed by atoms with Gasteiger partial charge in [0.2, 0.25) is 0 Å². The number of hydrogen-bond acceptors (Lipinski definition) is 4. The molecule has 0 saturated heterocycles. The number of carbonyl (C=O) groups is 1. The Labute approximate surface area is 135 Å². The first-order chi connectivity index (χ1) is 10.7. The molecule has 0 atom stereocenters. The maximum Gasteiger partial charge on any atom is 0.276 e. The zero-order valence-electron chi connectivity index (χ0n) is 11.7. The Hall–Kier alpha value is -2.47. The molecule has 1 amide bonds. The lowest BCUT2D eigenvalue weighted by atomic mass is 10.1. The Kier molecular flexibility index (Phi) is 4.02. The molecule has 0 spiro atoms. The minimum Gasteiger partial charge on any atom is -0.496 e. The van der Waals surface area contributed by atoms with Crippen molar-refractivity contribution in [3.05, 3.63) is 58.1 Å². The lowest BCUT2D eigenvalue weighted by molar-refractivity contribution is -0.110. The summed E-state index contributed by atoms with van der Waals surface area (Å²) in [6.45, 7) is 0. The van der Waals surface area contributed by atoms with Gasteiger partial charge in [-0.05, 0) is 24.3 Å². The molecule has 0 fully saturated rings. The number of halogens is 1. The average Bonchev–Trinajstić information content (AvgIpc) is 2.83. The molecule has 3 rings (SSSR count). The molecule has 2 aromatic carbocycles. The monoisotopic (exact) mass is 357 g/mol. The van der Waals surface area contributed by atoms with Crippen molar-refractivity contribution in [1.82, 2.24) is 0 Å². The molecule has 22 heavy (non-hydrogen) atoms. The van der Waals surface area contributed by atoms with Crippen molar-refractivity contribution in [2.24, 2.45) is 10.2 Å². The third-order valence-electron chi connectivity index (χ3n) is 3.19. The fourth-order valence-electron chi connectivity index (χ4n) is 2.16. The number of ether oxygens (including phenoxy) is 1. The van der Waals surface area contributed by atoms with E-state index in [-0.39, 0.29) is 5.91 Å². The first kappa shape index (κ1) is 14.5. The van der Waals surface area contributed by atoms with E-state index in [4.69, 9.17) is 4.74 Å². The third-order valence-corrected chi connectivity index (χ3v) is 3.69. The summed E-state index contributed by atoms with van der Waals surface area (Å²) >= 11 is 3.40. The minimum atomic E-state index is -0.250. The fourth-order valence-corrected chi connectivity index (χ4v) is 2.54. The van der Waals surface area contributed by atoms with Crippen molar-refractivity contribution in [2.45, 2.75) is 0 Å². The molecule has 0 radical (unpaired) electrons. The van der Waals surface area contributed by atoms with Gasteiger partial charge in [0, 0.05) is 15.6 Å². The number of rotatable bonds is 3. The predicted molar refractivity (Wildman–Crippen MR) is 89.9 cm³/mol. The number of carbonyl (C=O) groups excluding carboxylic acids is 1. The van der Waals surface area contributed by atoms with E-state index in [2.05, 4.69) is 31.4 Å². The number of para-hydroxylation sites is 1. The lowest BCUT2D eigenvalue weighted by Gasteiger charge is -2.03. The van der Waals surface area contributed by atoms with Crippen LogP contribution in [0.4, 0.5) is 5.69 Å². The van der Waals surface area contributed by atoms with Crippen LogP contribution in [0.25, 0.3) is 0 Å². The summed E-state index contributed by atoms with van der Waals surface area (Å²) in [5.41, 5.74) is 2.58. The van der Waals surface area contributed by atoms with Gasteiger partial charge in [0.25, 0.3) is 5.91 Å². The largest absolute Gasteiger partial charge is 0.496 e. The summed E-state index contributed by atoms with van der Waals surface area (Å²) < 4.78 is 6.17. The number of anilines is 1. The highest BCUT2D eigenvalue weighted by Gasteiger charge is 2.25. The van der Waals surface area contributed by atoms with Gasteiger partial charge in [0.05, 0.1) is 19.0 Å². The summed E-state index contributed by atoms with van der Waals surface area (Å²) in [7, 11) is 1.59. The Morgan fingerprint density at radius 1 is 1.23 bits per heavy atom. The average molecular weight is 358 g/mol. The first-order valence-corrected chi connectivity index (χ1v) is 7.33. The van der Waals surface area contributed by atoms with Gasteiger partial charge in [0.1, 0.15) is 5.75 Å². The number of hydrogen-bond donors (Lipinski definition) is 1. The molecular weight excluding hydrogens is 346 g/mol. The smallest absolute Gasteiger partial charge is 0.276 e. The Balaban J connectivity index is 1.91. The normalized spacial score (nSPS) is 15.2. The van der Waals surface area contributed by atoms with Crippen molar-refractivity contribution in [1.29, 1.82) is 0 Å². The standard InChI is InChI=1S/C16H12BrN3O2/c1-22-14-7-6-11(17)8-10(14)9-18-20-15-12-4-2-3-5-13(12)19-16(15)21/h2-9H,1H3,(H,19,20,21)/b18-9+. The zero-order chi connectivity index (χ0) is 15.5. The maximum absolute atomic E-state index is 11.9. The van der Waals surface area contributed by atoms with E-state index in [9.17, 15) is 4.79 Å². The molecule has 6 heteroatoms. The molecule has 0 saturated carbocycles. The lowest BCUT2D eigenvalue weighted by Crippen LogP contribution is -2.13. The highest BCUT2D eigenvalue weighted by Crippen LogP contribution is 2.23. The number of fused-ring (bicyclic) bond motifs is 1. The van der Waals surface area contributed by atoms with Crippen molar-refractivity contribution >= 4 is 39.5 Å². The molecule has 110 valence electrons. The number of methoxy groups -OCH3 is 1. The van der Waals surface area contributed by atoms with Gasteiger partial charge >= 0.3 is 0 Å². The fraction of sp³-hybridized carbons (Fsp3) is 0.0625. The van der Waals surface area contributed by atoms with Crippen molar-refractivity contribution in [3.8, 4) is 5.75 Å².